The van der Waals surface area contributed by atoms with Gasteiger partial charge in [0.15, 0.2) is 9.84 Å². The maximum absolute atomic E-state index is 12.4. The van der Waals surface area contributed by atoms with E-state index >= 15 is 0 Å². The fourth-order valence-electron chi connectivity index (χ4n) is 3.42. The Morgan fingerprint density at radius 3 is 2.32 bits per heavy atom. The molecule has 0 bridgehead atoms. The van der Waals surface area contributed by atoms with E-state index in [1.165, 1.54) is 12.8 Å². The van der Waals surface area contributed by atoms with Crippen LogP contribution in [0.15, 0.2) is 29.2 Å². The quantitative estimate of drug-likeness (QED) is 0.845. The minimum absolute atomic E-state index is 0.334. The molecule has 0 radical (unpaired) electrons. The van der Waals surface area contributed by atoms with Gasteiger partial charge in [0.1, 0.15) is 0 Å². The maximum atomic E-state index is 12.4. The first-order valence-electron chi connectivity index (χ1n) is 7.27. The van der Waals surface area contributed by atoms with E-state index in [0.29, 0.717) is 22.5 Å². The number of sulfone groups is 1. The van der Waals surface area contributed by atoms with E-state index in [-0.39, 0.29) is 0 Å². The zero-order valence-electron chi connectivity index (χ0n) is 11.7. The summed E-state index contributed by atoms with van der Waals surface area (Å²) in [6, 6.07) is 7.24. The summed E-state index contributed by atoms with van der Waals surface area (Å²) in [5.41, 5.74) is 1.10. The summed E-state index contributed by atoms with van der Waals surface area (Å²) in [5.74, 6) is 3.01. The standard InChI is InChI=1S/C16H22O2S/c1-11-3-7-15(8-4-11)19(17,18)10-14-9-16(12(14)2)13-5-6-13/h3-4,7-8,12-14,16H,5-6,9-10H2,1-2H3. The smallest absolute Gasteiger partial charge is 0.178 e. The van der Waals surface area contributed by atoms with Gasteiger partial charge >= 0.3 is 0 Å². The molecule has 1 aromatic carbocycles. The van der Waals surface area contributed by atoms with Gasteiger partial charge < -0.3 is 0 Å². The van der Waals surface area contributed by atoms with Crippen molar-refractivity contribution in [3.8, 4) is 0 Å². The van der Waals surface area contributed by atoms with Crippen molar-refractivity contribution in [3.63, 3.8) is 0 Å². The summed E-state index contributed by atoms with van der Waals surface area (Å²) >= 11 is 0. The predicted octanol–water partition coefficient (Wildman–Crippen LogP) is 3.45. The Hall–Kier alpha value is -0.830. The number of hydrogen-bond donors (Lipinski definition) is 0. The molecule has 0 saturated heterocycles. The van der Waals surface area contributed by atoms with E-state index in [2.05, 4.69) is 6.92 Å². The van der Waals surface area contributed by atoms with Crippen LogP contribution in [0.25, 0.3) is 0 Å². The average molecular weight is 278 g/mol. The Kier molecular flexibility index (Phi) is 3.20. The molecule has 3 rings (SSSR count). The molecule has 104 valence electrons. The van der Waals surface area contributed by atoms with Gasteiger partial charge in [0.05, 0.1) is 10.6 Å². The fraction of sp³-hybridized carbons (Fsp3) is 0.625. The zero-order chi connectivity index (χ0) is 13.6. The fourth-order valence-corrected chi connectivity index (χ4v) is 5.17. The van der Waals surface area contributed by atoms with Crippen LogP contribution in [-0.4, -0.2) is 14.2 Å². The summed E-state index contributed by atoms with van der Waals surface area (Å²) in [6.07, 6.45) is 3.86. The van der Waals surface area contributed by atoms with E-state index in [0.717, 1.165) is 23.8 Å². The Balaban J connectivity index is 1.67. The average Bonchev–Trinajstić information content (AvgIpc) is 3.18. The summed E-state index contributed by atoms with van der Waals surface area (Å²) in [7, 11) is -3.10. The normalized spacial score (nSPS) is 30.9. The van der Waals surface area contributed by atoms with Crippen molar-refractivity contribution < 1.29 is 8.42 Å². The Morgan fingerprint density at radius 2 is 1.79 bits per heavy atom. The number of benzene rings is 1. The highest BCUT2D eigenvalue weighted by atomic mass is 32.2. The molecule has 2 nitrogen and oxygen atoms in total. The minimum Gasteiger partial charge on any atom is -0.224 e. The molecule has 2 fully saturated rings. The van der Waals surface area contributed by atoms with Crippen molar-refractivity contribution in [1.82, 2.24) is 0 Å². The predicted molar refractivity (Wildman–Crippen MR) is 76.7 cm³/mol. The molecule has 19 heavy (non-hydrogen) atoms. The molecule has 3 unspecified atom stereocenters. The lowest BCUT2D eigenvalue weighted by Gasteiger charge is -2.43. The lowest BCUT2D eigenvalue weighted by atomic mass is 9.64. The first-order chi connectivity index (χ1) is 8.97. The highest BCUT2D eigenvalue weighted by molar-refractivity contribution is 7.91. The van der Waals surface area contributed by atoms with E-state index in [1.54, 1.807) is 12.1 Å². The van der Waals surface area contributed by atoms with Gasteiger partial charge in [0.25, 0.3) is 0 Å². The van der Waals surface area contributed by atoms with Gasteiger partial charge in [-0.15, -0.1) is 0 Å². The second-order valence-corrected chi connectivity index (χ2v) is 8.48. The SMILES string of the molecule is Cc1ccc(S(=O)(=O)CC2CC(C3CC3)C2C)cc1. The molecular formula is C16H22O2S. The van der Waals surface area contributed by atoms with Crippen molar-refractivity contribution in [2.75, 3.05) is 5.75 Å². The van der Waals surface area contributed by atoms with Gasteiger partial charge in [-0.1, -0.05) is 24.6 Å². The van der Waals surface area contributed by atoms with Gasteiger partial charge in [-0.2, -0.15) is 0 Å². The third kappa shape index (κ3) is 2.58. The van der Waals surface area contributed by atoms with Crippen LogP contribution in [0.2, 0.25) is 0 Å². The van der Waals surface area contributed by atoms with Crippen LogP contribution >= 0.6 is 0 Å². The topological polar surface area (TPSA) is 34.1 Å². The Bertz CT molecular complexity index is 555. The second-order valence-electron chi connectivity index (χ2n) is 6.45. The van der Waals surface area contributed by atoms with Crippen LogP contribution in [0.1, 0.15) is 31.7 Å². The summed E-state index contributed by atoms with van der Waals surface area (Å²) < 4.78 is 24.8. The van der Waals surface area contributed by atoms with E-state index in [1.807, 2.05) is 19.1 Å². The van der Waals surface area contributed by atoms with Crippen molar-refractivity contribution in [3.05, 3.63) is 29.8 Å². The van der Waals surface area contributed by atoms with E-state index in [4.69, 9.17) is 0 Å². The van der Waals surface area contributed by atoms with E-state index < -0.39 is 9.84 Å². The lowest BCUT2D eigenvalue weighted by molar-refractivity contribution is 0.0856. The third-order valence-corrected chi connectivity index (χ3v) is 6.89. The van der Waals surface area contributed by atoms with Crippen LogP contribution in [0, 0.1) is 30.6 Å². The largest absolute Gasteiger partial charge is 0.224 e. The van der Waals surface area contributed by atoms with Gasteiger partial charge in [0.2, 0.25) is 0 Å². The summed E-state index contributed by atoms with van der Waals surface area (Å²) in [5, 5.41) is 0. The molecule has 0 spiro atoms. The monoisotopic (exact) mass is 278 g/mol. The molecule has 3 heteroatoms. The van der Waals surface area contributed by atoms with Gasteiger partial charge in [-0.05, 0) is 62.0 Å². The molecule has 2 aliphatic rings. The Labute approximate surface area is 116 Å². The van der Waals surface area contributed by atoms with Gasteiger partial charge in [0, 0.05) is 0 Å². The third-order valence-electron chi connectivity index (χ3n) is 5.03. The first-order valence-corrected chi connectivity index (χ1v) is 8.92. The molecule has 0 aromatic heterocycles. The lowest BCUT2D eigenvalue weighted by Crippen LogP contribution is -2.40. The minimum atomic E-state index is -3.10. The molecule has 0 aliphatic heterocycles. The number of hydrogen-bond acceptors (Lipinski definition) is 2. The van der Waals surface area contributed by atoms with Crippen LogP contribution in [-0.2, 0) is 9.84 Å². The molecular weight excluding hydrogens is 256 g/mol. The molecule has 3 atom stereocenters. The van der Waals surface area contributed by atoms with Crippen molar-refractivity contribution in [1.29, 1.82) is 0 Å². The first kappa shape index (κ1) is 13.2. The maximum Gasteiger partial charge on any atom is 0.178 e. The second kappa shape index (κ2) is 4.62. The molecule has 0 amide bonds. The summed E-state index contributed by atoms with van der Waals surface area (Å²) in [4.78, 5) is 0.486. The molecule has 1 aromatic rings. The highest BCUT2D eigenvalue weighted by Crippen LogP contribution is 2.53. The summed E-state index contributed by atoms with van der Waals surface area (Å²) in [6.45, 7) is 4.21. The van der Waals surface area contributed by atoms with Crippen molar-refractivity contribution in [2.24, 2.45) is 23.7 Å². The molecule has 2 saturated carbocycles. The Morgan fingerprint density at radius 1 is 1.16 bits per heavy atom. The van der Waals surface area contributed by atoms with E-state index in [9.17, 15) is 8.42 Å². The van der Waals surface area contributed by atoms with Crippen molar-refractivity contribution >= 4 is 9.84 Å². The van der Waals surface area contributed by atoms with Gasteiger partial charge in [-0.25, -0.2) is 8.42 Å². The van der Waals surface area contributed by atoms with Crippen LogP contribution < -0.4 is 0 Å². The van der Waals surface area contributed by atoms with Crippen LogP contribution in [0.3, 0.4) is 0 Å². The van der Waals surface area contributed by atoms with Crippen LogP contribution in [0.4, 0.5) is 0 Å². The van der Waals surface area contributed by atoms with Crippen LogP contribution in [0.5, 0.6) is 0 Å². The molecule has 0 N–H and O–H groups in total. The number of aryl methyl sites for hydroxylation is 1. The number of rotatable bonds is 4. The highest BCUT2D eigenvalue weighted by Gasteiger charge is 2.47. The molecule has 2 aliphatic carbocycles. The zero-order valence-corrected chi connectivity index (χ0v) is 12.5. The van der Waals surface area contributed by atoms with Gasteiger partial charge in [-0.3, -0.25) is 0 Å². The molecule has 0 heterocycles. The van der Waals surface area contributed by atoms with Crippen molar-refractivity contribution in [2.45, 2.75) is 38.0 Å².